The molecule has 1 heterocycles. The molecule has 1 aromatic carbocycles. The molecule has 1 aliphatic heterocycles. The van der Waals surface area contributed by atoms with Gasteiger partial charge in [-0.05, 0) is 12.1 Å². The first-order valence-electron chi connectivity index (χ1n) is 8.82. The summed E-state index contributed by atoms with van der Waals surface area (Å²) in [7, 11) is 0. The summed E-state index contributed by atoms with van der Waals surface area (Å²) in [5.41, 5.74) is 0.389. The highest BCUT2D eigenvalue weighted by Gasteiger charge is 2.50. The van der Waals surface area contributed by atoms with Gasteiger partial charge in [-0.1, -0.05) is 34.1 Å². The van der Waals surface area contributed by atoms with Crippen molar-refractivity contribution in [3.05, 3.63) is 35.9 Å². The predicted octanol–water partition coefficient (Wildman–Crippen LogP) is 1.33. The van der Waals surface area contributed by atoms with Crippen molar-refractivity contribution in [2.45, 2.75) is 50.1 Å². The lowest BCUT2D eigenvalue weighted by Gasteiger charge is -2.43. The average molecular weight is 472 g/mol. The molecule has 5 atom stereocenters. The molecule has 0 radical (unpaired) electrons. The van der Waals surface area contributed by atoms with Crippen molar-refractivity contribution in [2.75, 3.05) is 6.61 Å². The third kappa shape index (κ3) is 6.53. The Morgan fingerprint density at radius 3 is 2.10 bits per heavy atom. The van der Waals surface area contributed by atoms with Crippen LogP contribution in [0.4, 0.5) is 0 Å². The van der Waals surface area contributed by atoms with Crippen LogP contribution >= 0.6 is 15.9 Å². The normalized spacial score (nSPS) is 26.1. The Balaban J connectivity index is 2.30. The number of alkyl halides is 1. The molecule has 1 saturated heterocycles. The fraction of sp³-hybridized carbons (Fsp3) is 0.474. The van der Waals surface area contributed by atoms with Crippen LogP contribution in [0.3, 0.4) is 0 Å². The third-order valence-electron chi connectivity index (χ3n) is 4.02. The maximum absolute atomic E-state index is 12.6. The number of hydrogen-bond acceptors (Lipinski definition) is 8. The van der Waals surface area contributed by atoms with E-state index in [0.29, 0.717) is 5.56 Å². The molecule has 0 spiro atoms. The van der Waals surface area contributed by atoms with E-state index in [0.717, 1.165) is 0 Å². The van der Waals surface area contributed by atoms with E-state index in [1.807, 2.05) is 0 Å². The van der Waals surface area contributed by atoms with Crippen molar-refractivity contribution in [2.24, 2.45) is 0 Å². The Hall–Kier alpha value is -2.46. The van der Waals surface area contributed by atoms with Gasteiger partial charge in [-0.3, -0.25) is 19.2 Å². The molecule has 29 heavy (non-hydrogen) atoms. The number of esters is 3. The van der Waals surface area contributed by atoms with Gasteiger partial charge in [0.05, 0.1) is 0 Å². The van der Waals surface area contributed by atoms with Gasteiger partial charge in [-0.25, -0.2) is 0 Å². The van der Waals surface area contributed by atoms with E-state index in [1.54, 1.807) is 30.3 Å². The zero-order valence-corrected chi connectivity index (χ0v) is 17.7. The first-order valence-corrected chi connectivity index (χ1v) is 9.74. The molecule has 0 aromatic heterocycles. The second-order valence-corrected chi connectivity index (χ2v) is 7.24. The summed E-state index contributed by atoms with van der Waals surface area (Å²) in [4.78, 5) is 47.1. The molecular formula is C19H22BrNO8. The van der Waals surface area contributed by atoms with E-state index < -0.39 is 53.2 Å². The van der Waals surface area contributed by atoms with Crippen LogP contribution in [-0.4, -0.2) is 59.8 Å². The standard InChI is InChI=1S/C19H22BrNO8/c1-10(22)26-9-14-16(27-11(2)23)17(28-12(3)24)15(18(20)29-14)21-19(25)13-7-5-4-6-8-13/h4-8,14-18H,9H2,1-3H3,(H,21,25)/t14-,15+,16-,17-,18+/m1/s1. The Labute approximate surface area is 176 Å². The molecule has 10 heteroatoms. The molecule has 9 nitrogen and oxygen atoms in total. The van der Waals surface area contributed by atoms with Gasteiger partial charge in [0, 0.05) is 26.3 Å². The number of benzene rings is 1. The number of hydrogen-bond donors (Lipinski definition) is 1. The molecule has 2 rings (SSSR count). The van der Waals surface area contributed by atoms with E-state index in [-0.39, 0.29) is 6.61 Å². The van der Waals surface area contributed by atoms with Crippen molar-refractivity contribution in [3.63, 3.8) is 0 Å². The summed E-state index contributed by atoms with van der Waals surface area (Å²) < 4.78 is 21.4. The highest BCUT2D eigenvalue weighted by Crippen LogP contribution is 2.30. The summed E-state index contributed by atoms with van der Waals surface area (Å²) in [6.45, 7) is 3.38. The minimum Gasteiger partial charge on any atom is -0.463 e. The van der Waals surface area contributed by atoms with Crippen LogP contribution in [-0.2, 0) is 33.3 Å². The third-order valence-corrected chi connectivity index (χ3v) is 4.81. The zero-order chi connectivity index (χ0) is 21.6. The van der Waals surface area contributed by atoms with Crippen molar-refractivity contribution in [1.82, 2.24) is 5.32 Å². The first-order chi connectivity index (χ1) is 13.7. The molecule has 0 bridgehead atoms. The Kier molecular flexibility index (Phi) is 8.15. The fourth-order valence-corrected chi connectivity index (χ4v) is 3.58. The van der Waals surface area contributed by atoms with Crippen molar-refractivity contribution < 1.29 is 38.1 Å². The van der Waals surface area contributed by atoms with Crippen molar-refractivity contribution in [1.29, 1.82) is 0 Å². The average Bonchev–Trinajstić information content (AvgIpc) is 2.65. The van der Waals surface area contributed by atoms with E-state index in [2.05, 4.69) is 21.2 Å². The highest BCUT2D eigenvalue weighted by molar-refractivity contribution is 9.09. The molecule has 1 amide bonds. The maximum Gasteiger partial charge on any atom is 0.303 e. The molecule has 1 aliphatic rings. The van der Waals surface area contributed by atoms with Gasteiger partial charge in [-0.2, -0.15) is 0 Å². The largest absolute Gasteiger partial charge is 0.463 e. The summed E-state index contributed by atoms with van der Waals surface area (Å²) in [5.74, 6) is -2.27. The lowest BCUT2D eigenvalue weighted by molar-refractivity contribution is -0.210. The Bertz CT molecular complexity index is 756. The van der Waals surface area contributed by atoms with Crippen LogP contribution in [0.15, 0.2) is 30.3 Å². The second kappa shape index (κ2) is 10.4. The molecule has 0 unspecified atom stereocenters. The minimum atomic E-state index is -1.11. The Morgan fingerprint density at radius 1 is 0.966 bits per heavy atom. The number of carbonyl (C=O) groups excluding carboxylic acids is 4. The fourth-order valence-electron chi connectivity index (χ4n) is 2.87. The highest BCUT2D eigenvalue weighted by atomic mass is 79.9. The SMILES string of the molecule is CC(=O)OC[C@H]1O[C@H](Br)[C@@H](NC(=O)c2ccccc2)[C@@H](OC(C)=O)[C@@H]1OC(C)=O. The molecular weight excluding hydrogens is 450 g/mol. The monoisotopic (exact) mass is 471 g/mol. The van der Waals surface area contributed by atoms with Gasteiger partial charge in [-0.15, -0.1) is 0 Å². The number of amides is 1. The number of carbonyl (C=O) groups is 4. The second-order valence-electron chi connectivity index (χ2n) is 6.34. The van der Waals surface area contributed by atoms with Crippen LogP contribution in [0.5, 0.6) is 0 Å². The van der Waals surface area contributed by atoms with Gasteiger partial charge < -0.3 is 24.3 Å². The van der Waals surface area contributed by atoms with E-state index in [1.165, 1.54) is 20.8 Å². The van der Waals surface area contributed by atoms with Gasteiger partial charge in [0.15, 0.2) is 12.2 Å². The smallest absolute Gasteiger partial charge is 0.303 e. The summed E-state index contributed by atoms with van der Waals surface area (Å²) in [5, 5.41) is 1.93. The molecule has 1 fully saturated rings. The number of nitrogens with one attached hydrogen (secondary N) is 1. The number of ether oxygens (including phenoxy) is 4. The van der Waals surface area contributed by atoms with Crippen molar-refractivity contribution >= 4 is 39.7 Å². The molecule has 158 valence electrons. The number of halogens is 1. The van der Waals surface area contributed by atoms with E-state index in [4.69, 9.17) is 18.9 Å². The quantitative estimate of drug-likeness (QED) is 0.375. The van der Waals surface area contributed by atoms with Gasteiger partial charge in [0.25, 0.3) is 5.91 Å². The first kappa shape index (κ1) is 22.8. The number of rotatable bonds is 6. The zero-order valence-electron chi connectivity index (χ0n) is 16.1. The van der Waals surface area contributed by atoms with Crippen LogP contribution in [0.25, 0.3) is 0 Å². The predicted molar refractivity (Wildman–Crippen MR) is 103 cm³/mol. The molecule has 1 aromatic rings. The van der Waals surface area contributed by atoms with Crippen molar-refractivity contribution in [3.8, 4) is 0 Å². The molecule has 1 N–H and O–H groups in total. The lowest BCUT2D eigenvalue weighted by Crippen LogP contribution is -2.64. The maximum atomic E-state index is 12.6. The van der Waals surface area contributed by atoms with Gasteiger partial charge >= 0.3 is 17.9 Å². The molecule has 0 saturated carbocycles. The topological polar surface area (TPSA) is 117 Å². The summed E-state index contributed by atoms with van der Waals surface area (Å²) >= 11 is 3.32. The van der Waals surface area contributed by atoms with Crippen LogP contribution in [0.1, 0.15) is 31.1 Å². The Morgan fingerprint density at radius 2 is 1.55 bits per heavy atom. The van der Waals surface area contributed by atoms with Crippen LogP contribution in [0.2, 0.25) is 0 Å². The molecule has 0 aliphatic carbocycles. The van der Waals surface area contributed by atoms with Crippen LogP contribution < -0.4 is 5.32 Å². The summed E-state index contributed by atoms with van der Waals surface area (Å²) in [6, 6.07) is 7.54. The van der Waals surface area contributed by atoms with Gasteiger partial charge in [0.1, 0.15) is 23.8 Å². The van der Waals surface area contributed by atoms with Gasteiger partial charge in [0.2, 0.25) is 0 Å². The minimum absolute atomic E-state index is 0.230. The van der Waals surface area contributed by atoms with Crippen LogP contribution in [0, 0.1) is 0 Å². The van der Waals surface area contributed by atoms with E-state index >= 15 is 0 Å². The summed E-state index contributed by atoms with van der Waals surface area (Å²) in [6.07, 6.45) is -3.10. The van der Waals surface area contributed by atoms with E-state index in [9.17, 15) is 19.2 Å². The lowest BCUT2D eigenvalue weighted by atomic mass is 9.97.